The number of nitrogens with zero attached hydrogens (tertiary/aromatic N) is 3. The minimum absolute atomic E-state index is 0.652. The second-order valence-corrected chi connectivity index (χ2v) is 6.35. The number of likely N-dealkylation sites (tertiary alicyclic amines) is 1. The lowest BCUT2D eigenvalue weighted by Gasteiger charge is -2.32. The molecule has 1 aliphatic heterocycles. The van der Waals surface area contributed by atoms with Gasteiger partial charge in [-0.15, -0.1) is 0 Å². The summed E-state index contributed by atoms with van der Waals surface area (Å²) in [6.45, 7) is 8.24. The van der Waals surface area contributed by atoms with Gasteiger partial charge in [0, 0.05) is 24.8 Å². The van der Waals surface area contributed by atoms with Gasteiger partial charge < -0.3 is 9.73 Å². The van der Waals surface area contributed by atoms with Crippen LogP contribution in [0.15, 0.2) is 29.0 Å². The van der Waals surface area contributed by atoms with Gasteiger partial charge in [0.2, 0.25) is 0 Å². The number of hydrogen-bond donors (Lipinski definition) is 1. The summed E-state index contributed by atoms with van der Waals surface area (Å²) in [5, 5.41) is 3.55. The molecule has 1 atom stereocenters. The van der Waals surface area contributed by atoms with Crippen LogP contribution in [-0.2, 0) is 13.0 Å². The molecule has 2 aromatic rings. The molecule has 0 aromatic carbocycles. The van der Waals surface area contributed by atoms with Gasteiger partial charge in [0.15, 0.2) is 0 Å². The number of hydrogen-bond acceptors (Lipinski definition) is 5. The third-order valence-electron chi connectivity index (χ3n) is 4.49. The maximum absolute atomic E-state index is 5.47. The average molecular weight is 314 g/mol. The largest absolute Gasteiger partial charge is 0.468 e. The summed E-state index contributed by atoms with van der Waals surface area (Å²) >= 11 is 0. The lowest BCUT2D eigenvalue weighted by atomic mass is 9.98. The highest BCUT2D eigenvalue weighted by molar-refractivity contribution is 5.42. The Kier molecular flexibility index (Phi) is 5.28. The summed E-state index contributed by atoms with van der Waals surface area (Å²) in [6, 6.07) is 4.01. The minimum Gasteiger partial charge on any atom is -0.468 e. The van der Waals surface area contributed by atoms with Crippen LogP contribution in [0.5, 0.6) is 0 Å². The molecule has 2 aromatic heterocycles. The molecular formula is C18H26N4O. The molecule has 0 aliphatic carbocycles. The van der Waals surface area contributed by atoms with E-state index in [9.17, 15) is 0 Å². The fourth-order valence-corrected chi connectivity index (χ4v) is 3.23. The molecule has 1 N–H and O–H groups in total. The van der Waals surface area contributed by atoms with E-state index in [-0.39, 0.29) is 0 Å². The Hall–Kier alpha value is -1.88. The summed E-state index contributed by atoms with van der Waals surface area (Å²) in [7, 11) is 0. The Morgan fingerprint density at radius 3 is 3.13 bits per heavy atom. The van der Waals surface area contributed by atoms with E-state index < -0.39 is 0 Å². The number of nitrogens with one attached hydrogen (secondary N) is 1. The van der Waals surface area contributed by atoms with Crippen LogP contribution in [0, 0.1) is 12.8 Å². The molecule has 1 unspecified atom stereocenters. The predicted molar refractivity (Wildman–Crippen MR) is 91.3 cm³/mol. The number of aromatic nitrogens is 2. The van der Waals surface area contributed by atoms with Gasteiger partial charge in [0.25, 0.3) is 0 Å². The molecule has 1 aliphatic rings. The molecule has 3 heterocycles. The zero-order valence-corrected chi connectivity index (χ0v) is 14.1. The highest BCUT2D eigenvalue weighted by Crippen LogP contribution is 2.20. The number of aryl methyl sites for hydroxylation is 2. The Bertz CT molecular complexity index is 611. The van der Waals surface area contributed by atoms with E-state index in [0.717, 1.165) is 50.0 Å². The first kappa shape index (κ1) is 16.0. The lowest BCUT2D eigenvalue weighted by Crippen LogP contribution is -2.37. The quantitative estimate of drug-likeness (QED) is 0.887. The molecule has 0 bridgehead atoms. The van der Waals surface area contributed by atoms with E-state index in [0.29, 0.717) is 5.92 Å². The molecule has 0 radical (unpaired) electrons. The molecule has 5 nitrogen and oxygen atoms in total. The van der Waals surface area contributed by atoms with Crippen LogP contribution in [0.25, 0.3) is 0 Å². The van der Waals surface area contributed by atoms with Crippen LogP contribution < -0.4 is 5.32 Å². The van der Waals surface area contributed by atoms with Crippen molar-refractivity contribution in [1.29, 1.82) is 0 Å². The van der Waals surface area contributed by atoms with E-state index >= 15 is 0 Å². The fraction of sp³-hybridized carbons (Fsp3) is 0.556. The van der Waals surface area contributed by atoms with Crippen molar-refractivity contribution in [3.05, 3.63) is 41.7 Å². The highest BCUT2D eigenvalue weighted by atomic mass is 16.3. The van der Waals surface area contributed by atoms with Gasteiger partial charge >= 0.3 is 0 Å². The average Bonchev–Trinajstić information content (AvgIpc) is 3.06. The number of piperidine rings is 1. The monoisotopic (exact) mass is 314 g/mol. The fourth-order valence-electron chi connectivity index (χ4n) is 3.23. The van der Waals surface area contributed by atoms with E-state index in [1.54, 1.807) is 6.26 Å². The number of anilines is 1. The van der Waals surface area contributed by atoms with E-state index in [4.69, 9.17) is 4.42 Å². The van der Waals surface area contributed by atoms with Gasteiger partial charge in [-0.05, 0) is 50.8 Å². The molecule has 23 heavy (non-hydrogen) atoms. The van der Waals surface area contributed by atoms with Crippen molar-refractivity contribution in [1.82, 2.24) is 14.9 Å². The van der Waals surface area contributed by atoms with Gasteiger partial charge in [-0.25, -0.2) is 9.97 Å². The molecule has 3 rings (SSSR count). The van der Waals surface area contributed by atoms with Crippen molar-refractivity contribution in [2.24, 2.45) is 5.92 Å². The Balaban J connectivity index is 1.54. The standard InChI is InChI=1S/C18H26N4O/c1-3-16-11-19-14(2)21-18(16)20-10-15-6-4-8-22(12-15)13-17-7-5-9-23-17/h5,7,9,11,15H,3-4,6,8,10,12-13H2,1-2H3,(H,19,20,21). The third kappa shape index (κ3) is 4.32. The normalized spacial score (nSPS) is 19.0. The lowest BCUT2D eigenvalue weighted by molar-refractivity contribution is 0.162. The SMILES string of the molecule is CCc1cnc(C)nc1NCC1CCCN(Cc2ccco2)C1. The summed E-state index contributed by atoms with van der Waals surface area (Å²) in [5.74, 6) is 3.54. The Morgan fingerprint density at radius 1 is 1.43 bits per heavy atom. The first-order valence-electron chi connectivity index (χ1n) is 8.55. The van der Waals surface area contributed by atoms with Gasteiger partial charge in [0.05, 0.1) is 12.8 Å². The van der Waals surface area contributed by atoms with Crippen molar-refractivity contribution < 1.29 is 4.42 Å². The van der Waals surface area contributed by atoms with E-state index in [1.807, 2.05) is 19.2 Å². The van der Waals surface area contributed by atoms with Crippen LogP contribution in [0.1, 0.15) is 36.9 Å². The van der Waals surface area contributed by atoms with E-state index in [1.165, 1.54) is 18.4 Å². The zero-order chi connectivity index (χ0) is 16.1. The third-order valence-corrected chi connectivity index (χ3v) is 4.49. The second kappa shape index (κ2) is 7.59. The van der Waals surface area contributed by atoms with Crippen molar-refractivity contribution in [2.75, 3.05) is 25.0 Å². The molecule has 124 valence electrons. The summed E-state index contributed by atoms with van der Waals surface area (Å²) in [4.78, 5) is 11.3. The van der Waals surface area contributed by atoms with Gasteiger partial charge in [-0.3, -0.25) is 4.90 Å². The Labute approximate surface area is 138 Å². The van der Waals surface area contributed by atoms with Crippen LogP contribution in [0.4, 0.5) is 5.82 Å². The van der Waals surface area contributed by atoms with Crippen molar-refractivity contribution in [2.45, 2.75) is 39.7 Å². The molecule has 0 saturated carbocycles. The topological polar surface area (TPSA) is 54.2 Å². The van der Waals surface area contributed by atoms with Gasteiger partial charge in [-0.1, -0.05) is 6.92 Å². The van der Waals surface area contributed by atoms with Crippen LogP contribution in [0.3, 0.4) is 0 Å². The Morgan fingerprint density at radius 2 is 2.35 bits per heavy atom. The van der Waals surface area contributed by atoms with Crippen LogP contribution in [0.2, 0.25) is 0 Å². The summed E-state index contributed by atoms with van der Waals surface area (Å²) in [6.07, 6.45) is 7.17. The van der Waals surface area contributed by atoms with Crippen molar-refractivity contribution >= 4 is 5.82 Å². The smallest absolute Gasteiger partial charge is 0.132 e. The molecule has 5 heteroatoms. The maximum Gasteiger partial charge on any atom is 0.132 e. The van der Waals surface area contributed by atoms with Crippen LogP contribution in [-0.4, -0.2) is 34.5 Å². The predicted octanol–water partition coefficient (Wildman–Crippen LogP) is 3.26. The molecule has 1 saturated heterocycles. The van der Waals surface area contributed by atoms with Crippen molar-refractivity contribution in [3.8, 4) is 0 Å². The van der Waals surface area contributed by atoms with Gasteiger partial charge in [-0.2, -0.15) is 0 Å². The molecule has 0 amide bonds. The van der Waals surface area contributed by atoms with Crippen LogP contribution >= 0.6 is 0 Å². The van der Waals surface area contributed by atoms with Crippen molar-refractivity contribution in [3.63, 3.8) is 0 Å². The zero-order valence-electron chi connectivity index (χ0n) is 14.1. The maximum atomic E-state index is 5.47. The second-order valence-electron chi connectivity index (χ2n) is 6.35. The highest BCUT2D eigenvalue weighted by Gasteiger charge is 2.21. The number of rotatable bonds is 6. The molecule has 1 fully saturated rings. The first-order chi connectivity index (χ1) is 11.2. The minimum atomic E-state index is 0.652. The summed E-state index contributed by atoms with van der Waals surface area (Å²) < 4.78 is 5.47. The molecular weight excluding hydrogens is 288 g/mol. The number of furan rings is 1. The first-order valence-corrected chi connectivity index (χ1v) is 8.55. The van der Waals surface area contributed by atoms with E-state index in [2.05, 4.69) is 33.2 Å². The summed E-state index contributed by atoms with van der Waals surface area (Å²) in [5.41, 5.74) is 1.19. The molecule has 0 spiro atoms. The van der Waals surface area contributed by atoms with Gasteiger partial charge in [0.1, 0.15) is 17.4 Å².